The maximum atomic E-state index is 12.1. The van der Waals surface area contributed by atoms with Crippen LogP contribution in [-0.4, -0.2) is 23.6 Å². The first-order valence-electron chi connectivity index (χ1n) is 7.12. The molecule has 6 heteroatoms. The zero-order chi connectivity index (χ0) is 17.1. The highest BCUT2D eigenvalue weighted by atomic mass is 32.1. The number of aryl methyl sites for hydroxylation is 3. The van der Waals surface area contributed by atoms with Crippen LogP contribution in [0.25, 0.3) is 0 Å². The Labute approximate surface area is 138 Å². The van der Waals surface area contributed by atoms with Gasteiger partial charge in [-0.3, -0.25) is 4.79 Å². The second-order valence-corrected chi connectivity index (χ2v) is 6.62. The van der Waals surface area contributed by atoms with Gasteiger partial charge in [-0.25, -0.2) is 4.79 Å². The smallest absolute Gasteiger partial charge is 0.338 e. The Balaban J connectivity index is 2.07. The lowest BCUT2D eigenvalue weighted by molar-refractivity contribution is -0.118. The van der Waals surface area contributed by atoms with Crippen molar-refractivity contribution in [1.82, 2.24) is 0 Å². The van der Waals surface area contributed by atoms with E-state index >= 15 is 0 Å². The predicted octanol–water partition coefficient (Wildman–Crippen LogP) is 3.70. The second-order valence-electron chi connectivity index (χ2n) is 5.40. The molecule has 0 saturated heterocycles. The summed E-state index contributed by atoms with van der Waals surface area (Å²) >= 11 is 1.26. The van der Waals surface area contributed by atoms with Crippen molar-refractivity contribution in [1.29, 1.82) is 0 Å². The monoisotopic (exact) mass is 333 g/mol. The Hall–Kier alpha value is -2.34. The number of amides is 1. The molecule has 0 aliphatic heterocycles. The third kappa shape index (κ3) is 3.90. The van der Waals surface area contributed by atoms with Gasteiger partial charge in [-0.1, -0.05) is 12.1 Å². The number of benzene rings is 1. The minimum Gasteiger partial charge on any atom is -0.483 e. The minimum atomic E-state index is -1.04. The first-order valence-corrected chi connectivity index (χ1v) is 7.94. The third-order valence-electron chi connectivity index (χ3n) is 3.55. The van der Waals surface area contributed by atoms with Gasteiger partial charge in [0, 0.05) is 4.88 Å². The SMILES string of the molecule is Cc1ccc(C)c(OCC(=O)Nc2sc(C)c(C)c2C(=O)O)c1. The van der Waals surface area contributed by atoms with Crippen molar-refractivity contribution < 1.29 is 19.4 Å². The summed E-state index contributed by atoms with van der Waals surface area (Å²) in [6.07, 6.45) is 0. The van der Waals surface area contributed by atoms with Gasteiger partial charge >= 0.3 is 5.97 Å². The molecule has 0 atom stereocenters. The molecular weight excluding hydrogens is 314 g/mol. The highest BCUT2D eigenvalue weighted by molar-refractivity contribution is 7.16. The summed E-state index contributed by atoms with van der Waals surface area (Å²) in [6.45, 7) is 7.25. The van der Waals surface area contributed by atoms with Crippen LogP contribution in [0.1, 0.15) is 31.9 Å². The standard InChI is InChI=1S/C17H19NO4S/c1-9-5-6-10(2)13(7-9)22-8-14(19)18-16-15(17(20)21)11(3)12(4)23-16/h5-7H,8H2,1-4H3,(H,18,19)(H,20,21). The molecule has 0 unspecified atom stereocenters. The Bertz CT molecular complexity index is 764. The number of carbonyl (C=O) groups is 2. The quantitative estimate of drug-likeness (QED) is 0.875. The van der Waals surface area contributed by atoms with Crippen LogP contribution >= 0.6 is 11.3 Å². The van der Waals surface area contributed by atoms with Crippen LogP contribution in [-0.2, 0) is 4.79 Å². The van der Waals surface area contributed by atoms with Crippen LogP contribution in [0, 0.1) is 27.7 Å². The van der Waals surface area contributed by atoms with E-state index in [9.17, 15) is 14.7 Å². The van der Waals surface area contributed by atoms with Crippen LogP contribution in [0.5, 0.6) is 5.75 Å². The number of ether oxygens (including phenoxy) is 1. The zero-order valence-corrected chi connectivity index (χ0v) is 14.3. The van der Waals surface area contributed by atoms with E-state index < -0.39 is 5.97 Å². The Morgan fingerprint density at radius 2 is 1.91 bits per heavy atom. The molecule has 0 bridgehead atoms. The van der Waals surface area contributed by atoms with E-state index in [1.165, 1.54) is 11.3 Å². The minimum absolute atomic E-state index is 0.146. The summed E-state index contributed by atoms with van der Waals surface area (Å²) in [5, 5.41) is 12.3. The van der Waals surface area contributed by atoms with Crippen LogP contribution < -0.4 is 10.1 Å². The van der Waals surface area contributed by atoms with Crippen molar-refractivity contribution in [3.8, 4) is 5.75 Å². The van der Waals surface area contributed by atoms with Gasteiger partial charge in [0.05, 0.1) is 5.56 Å². The fourth-order valence-electron chi connectivity index (χ4n) is 2.14. The molecular formula is C17H19NO4S. The molecule has 0 aliphatic rings. The number of rotatable bonds is 5. The number of nitrogens with one attached hydrogen (secondary N) is 1. The number of carbonyl (C=O) groups excluding carboxylic acids is 1. The zero-order valence-electron chi connectivity index (χ0n) is 13.5. The van der Waals surface area contributed by atoms with Crippen LogP contribution in [0.3, 0.4) is 0 Å². The van der Waals surface area contributed by atoms with E-state index in [1.54, 1.807) is 6.92 Å². The van der Waals surface area contributed by atoms with Crippen molar-refractivity contribution in [3.05, 3.63) is 45.3 Å². The molecule has 23 heavy (non-hydrogen) atoms. The van der Waals surface area contributed by atoms with E-state index in [1.807, 2.05) is 39.0 Å². The highest BCUT2D eigenvalue weighted by Gasteiger charge is 2.20. The van der Waals surface area contributed by atoms with E-state index in [0.717, 1.165) is 16.0 Å². The molecule has 1 amide bonds. The molecule has 0 aliphatic carbocycles. The molecule has 0 saturated carbocycles. The molecule has 1 aromatic carbocycles. The molecule has 122 valence electrons. The topological polar surface area (TPSA) is 75.6 Å². The summed E-state index contributed by atoms with van der Waals surface area (Å²) in [4.78, 5) is 24.2. The molecule has 2 rings (SSSR count). The Morgan fingerprint density at radius 1 is 1.22 bits per heavy atom. The summed E-state index contributed by atoms with van der Waals surface area (Å²) < 4.78 is 5.53. The summed E-state index contributed by atoms with van der Waals surface area (Å²) in [5.74, 6) is -0.774. The lowest BCUT2D eigenvalue weighted by atomic mass is 10.1. The molecule has 2 aromatic rings. The van der Waals surface area contributed by atoms with Gasteiger partial charge in [-0.2, -0.15) is 0 Å². The predicted molar refractivity (Wildman–Crippen MR) is 90.8 cm³/mol. The van der Waals surface area contributed by atoms with Crippen molar-refractivity contribution in [2.24, 2.45) is 0 Å². The van der Waals surface area contributed by atoms with Crippen molar-refractivity contribution in [2.75, 3.05) is 11.9 Å². The maximum Gasteiger partial charge on any atom is 0.338 e. The number of carboxylic acids is 1. The van der Waals surface area contributed by atoms with E-state index in [-0.39, 0.29) is 18.1 Å². The number of anilines is 1. The molecule has 0 spiro atoms. The maximum absolute atomic E-state index is 12.1. The third-order valence-corrected chi connectivity index (χ3v) is 4.68. The van der Waals surface area contributed by atoms with Gasteiger partial charge in [0.1, 0.15) is 10.8 Å². The average molecular weight is 333 g/mol. The van der Waals surface area contributed by atoms with E-state index in [4.69, 9.17) is 4.74 Å². The lowest BCUT2D eigenvalue weighted by Gasteiger charge is -2.10. The van der Waals surface area contributed by atoms with Gasteiger partial charge in [-0.05, 0) is 50.5 Å². The van der Waals surface area contributed by atoms with E-state index in [2.05, 4.69) is 5.32 Å². The molecule has 1 aromatic heterocycles. The normalized spacial score (nSPS) is 10.4. The van der Waals surface area contributed by atoms with Crippen LogP contribution in [0.2, 0.25) is 0 Å². The number of aromatic carboxylic acids is 1. The number of thiophene rings is 1. The van der Waals surface area contributed by atoms with E-state index in [0.29, 0.717) is 16.3 Å². The molecule has 0 radical (unpaired) electrons. The number of hydrogen-bond donors (Lipinski definition) is 2. The Kier molecular flexibility index (Phi) is 5.05. The fourth-order valence-corrected chi connectivity index (χ4v) is 3.21. The van der Waals surface area contributed by atoms with Crippen molar-refractivity contribution in [3.63, 3.8) is 0 Å². The highest BCUT2D eigenvalue weighted by Crippen LogP contribution is 2.32. The number of carboxylic acid groups (broad SMARTS) is 1. The van der Waals surface area contributed by atoms with Gasteiger partial charge < -0.3 is 15.2 Å². The van der Waals surface area contributed by atoms with Crippen LogP contribution in [0.15, 0.2) is 18.2 Å². The first-order chi connectivity index (χ1) is 10.8. The second kappa shape index (κ2) is 6.83. The number of hydrogen-bond acceptors (Lipinski definition) is 4. The van der Waals surface area contributed by atoms with Crippen molar-refractivity contribution in [2.45, 2.75) is 27.7 Å². The molecule has 2 N–H and O–H groups in total. The summed E-state index contributed by atoms with van der Waals surface area (Å²) in [6, 6.07) is 5.76. The molecule has 0 fully saturated rings. The van der Waals surface area contributed by atoms with Crippen molar-refractivity contribution >= 4 is 28.2 Å². The molecule has 1 heterocycles. The first kappa shape index (κ1) is 17.0. The van der Waals surface area contributed by atoms with Gasteiger partial charge in [-0.15, -0.1) is 11.3 Å². The Morgan fingerprint density at radius 3 is 2.57 bits per heavy atom. The van der Waals surface area contributed by atoms with Gasteiger partial charge in [0.2, 0.25) is 0 Å². The van der Waals surface area contributed by atoms with Crippen LogP contribution in [0.4, 0.5) is 5.00 Å². The fraction of sp³-hybridized carbons (Fsp3) is 0.294. The molecule has 5 nitrogen and oxygen atoms in total. The average Bonchev–Trinajstić information content (AvgIpc) is 2.74. The van der Waals surface area contributed by atoms with Gasteiger partial charge in [0.25, 0.3) is 5.91 Å². The summed E-state index contributed by atoms with van der Waals surface area (Å²) in [5.41, 5.74) is 2.81. The summed E-state index contributed by atoms with van der Waals surface area (Å²) in [7, 11) is 0. The largest absolute Gasteiger partial charge is 0.483 e. The lowest BCUT2D eigenvalue weighted by Crippen LogP contribution is -2.21. The van der Waals surface area contributed by atoms with Gasteiger partial charge in [0.15, 0.2) is 6.61 Å².